The number of hydrogen-bond acceptors (Lipinski definition) is 3. The van der Waals surface area contributed by atoms with E-state index in [4.69, 9.17) is 23.2 Å². The fraction of sp³-hybridized carbons (Fsp3) is 0.630. The van der Waals surface area contributed by atoms with Crippen molar-refractivity contribution in [1.29, 1.82) is 0 Å². The Labute approximate surface area is 219 Å². The molecule has 3 amide bonds. The Kier molecular flexibility index (Phi) is 8.04. The maximum absolute atomic E-state index is 13.4. The molecule has 2 atom stereocenters. The molecule has 1 aromatic rings. The quantitative estimate of drug-likeness (QED) is 0.474. The normalized spacial score (nSPS) is 23.5. The summed E-state index contributed by atoms with van der Waals surface area (Å²) < 4.78 is 0. The van der Waals surface area contributed by atoms with Crippen molar-refractivity contribution >= 4 is 40.8 Å². The molecule has 8 heteroatoms. The first kappa shape index (κ1) is 26.3. The molecular weight excluding hydrogens is 483 g/mol. The van der Waals surface area contributed by atoms with E-state index in [-0.39, 0.29) is 17.9 Å². The number of urea groups is 1. The van der Waals surface area contributed by atoms with E-state index in [2.05, 4.69) is 30.1 Å². The van der Waals surface area contributed by atoms with E-state index in [1.54, 1.807) is 18.2 Å². The molecule has 192 valence electrons. The SMILES string of the molecule is CC(C)C(=O)N1CCN(CCN(CC2=CCC3CC2C3(C)C)C(=O)Nc2ccc(Cl)c(Cl)c2)CC1. The summed E-state index contributed by atoms with van der Waals surface area (Å²) in [5, 5.41) is 3.90. The third-order valence-electron chi connectivity index (χ3n) is 8.28. The van der Waals surface area contributed by atoms with Crippen LogP contribution in [-0.2, 0) is 4.79 Å². The molecule has 4 aliphatic rings. The van der Waals surface area contributed by atoms with Gasteiger partial charge in [-0.2, -0.15) is 0 Å². The van der Waals surface area contributed by atoms with E-state index in [0.717, 1.165) is 45.1 Å². The molecule has 5 rings (SSSR count). The highest BCUT2D eigenvalue weighted by molar-refractivity contribution is 6.42. The van der Waals surface area contributed by atoms with Gasteiger partial charge in [-0.25, -0.2) is 4.79 Å². The second kappa shape index (κ2) is 10.7. The molecule has 2 unspecified atom stereocenters. The first-order valence-electron chi connectivity index (χ1n) is 12.8. The minimum atomic E-state index is -0.128. The number of allylic oxidation sites excluding steroid dienone is 1. The fourth-order valence-corrected chi connectivity index (χ4v) is 6.02. The molecular formula is C27H38Cl2N4O2. The van der Waals surface area contributed by atoms with Crippen molar-refractivity contribution in [1.82, 2.24) is 14.7 Å². The van der Waals surface area contributed by atoms with Gasteiger partial charge in [-0.1, -0.05) is 62.5 Å². The standard InChI is InChI=1S/C27H38Cl2N4O2/c1-18(2)25(34)32-12-9-31(10-13-32)11-14-33(17-19-5-6-20-15-22(19)27(20,3)4)26(35)30-21-7-8-23(28)24(29)16-21/h5,7-8,16,18,20,22H,6,9-15,17H2,1-4H3,(H,30,35). The number of hydrogen-bond donors (Lipinski definition) is 1. The zero-order valence-corrected chi connectivity index (χ0v) is 22.8. The molecule has 1 N–H and O–H groups in total. The van der Waals surface area contributed by atoms with Gasteiger partial charge in [-0.05, 0) is 48.3 Å². The van der Waals surface area contributed by atoms with Crippen LogP contribution in [0.4, 0.5) is 10.5 Å². The van der Waals surface area contributed by atoms with Crippen molar-refractivity contribution in [3.63, 3.8) is 0 Å². The number of fused-ring (bicyclic) bond motifs is 1. The van der Waals surface area contributed by atoms with Gasteiger partial charge in [0.05, 0.1) is 10.0 Å². The highest BCUT2D eigenvalue weighted by Crippen LogP contribution is 2.59. The average Bonchev–Trinajstić information content (AvgIpc) is 2.83. The van der Waals surface area contributed by atoms with Crippen LogP contribution in [0.1, 0.15) is 40.5 Å². The second-order valence-electron chi connectivity index (χ2n) is 11.1. The van der Waals surface area contributed by atoms with Crippen molar-refractivity contribution in [3.05, 3.63) is 39.9 Å². The van der Waals surface area contributed by atoms with E-state index in [1.807, 2.05) is 23.6 Å². The number of carbonyl (C=O) groups excluding carboxylic acids is 2. The van der Waals surface area contributed by atoms with Gasteiger partial charge in [0.25, 0.3) is 0 Å². The highest BCUT2D eigenvalue weighted by Gasteiger charge is 2.51. The number of anilines is 1. The minimum absolute atomic E-state index is 0.0289. The fourth-order valence-electron chi connectivity index (χ4n) is 5.72. The molecule has 35 heavy (non-hydrogen) atoms. The van der Waals surface area contributed by atoms with Crippen LogP contribution in [0.15, 0.2) is 29.8 Å². The third-order valence-corrected chi connectivity index (χ3v) is 9.02. The van der Waals surface area contributed by atoms with Gasteiger partial charge in [-0.3, -0.25) is 9.69 Å². The summed E-state index contributed by atoms with van der Waals surface area (Å²) in [6.45, 7) is 13.8. The maximum Gasteiger partial charge on any atom is 0.322 e. The van der Waals surface area contributed by atoms with Gasteiger partial charge in [0, 0.05) is 57.4 Å². The lowest BCUT2D eigenvalue weighted by molar-refractivity contribution is -0.136. The number of piperazine rings is 1. The molecule has 2 bridgehead atoms. The molecule has 3 aliphatic carbocycles. The topological polar surface area (TPSA) is 55.9 Å². The number of amides is 3. The van der Waals surface area contributed by atoms with Gasteiger partial charge in [-0.15, -0.1) is 0 Å². The van der Waals surface area contributed by atoms with Gasteiger partial charge in [0.1, 0.15) is 0 Å². The van der Waals surface area contributed by atoms with Crippen molar-refractivity contribution < 1.29 is 9.59 Å². The predicted molar refractivity (Wildman–Crippen MR) is 143 cm³/mol. The molecule has 6 nitrogen and oxygen atoms in total. The summed E-state index contributed by atoms with van der Waals surface area (Å²) in [5.41, 5.74) is 2.33. The van der Waals surface area contributed by atoms with E-state index in [1.165, 1.54) is 12.0 Å². The Morgan fingerprint density at radius 2 is 1.86 bits per heavy atom. The summed E-state index contributed by atoms with van der Waals surface area (Å²) in [6, 6.07) is 5.03. The Morgan fingerprint density at radius 1 is 1.14 bits per heavy atom. The zero-order chi connectivity index (χ0) is 25.3. The molecule has 1 saturated heterocycles. The predicted octanol–water partition coefficient (Wildman–Crippen LogP) is 5.62. The number of nitrogens with zero attached hydrogens (tertiary/aromatic N) is 3. The van der Waals surface area contributed by atoms with E-state index in [0.29, 0.717) is 40.2 Å². The summed E-state index contributed by atoms with van der Waals surface area (Å²) >= 11 is 12.2. The van der Waals surface area contributed by atoms with E-state index >= 15 is 0 Å². The summed E-state index contributed by atoms with van der Waals surface area (Å²) in [7, 11) is 0. The number of carbonyl (C=O) groups is 2. The van der Waals surface area contributed by atoms with Crippen LogP contribution in [0, 0.1) is 23.2 Å². The van der Waals surface area contributed by atoms with Crippen molar-refractivity contribution in [2.45, 2.75) is 40.5 Å². The molecule has 2 fully saturated rings. The number of halogens is 2. The molecule has 0 spiro atoms. The Balaban J connectivity index is 1.40. The second-order valence-corrected chi connectivity index (χ2v) is 11.9. The van der Waals surface area contributed by atoms with E-state index in [9.17, 15) is 9.59 Å². The van der Waals surface area contributed by atoms with Gasteiger partial charge in [0.2, 0.25) is 5.91 Å². The summed E-state index contributed by atoms with van der Waals surface area (Å²) in [6.07, 6.45) is 4.69. The highest BCUT2D eigenvalue weighted by atomic mass is 35.5. The first-order chi connectivity index (χ1) is 16.6. The van der Waals surface area contributed by atoms with Crippen LogP contribution < -0.4 is 5.32 Å². The average molecular weight is 522 g/mol. The van der Waals surface area contributed by atoms with Crippen LogP contribution in [0.25, 0.3) is 0 Å². The number of nitrogens with one attached hydrogen (secondary N) is 1. The largest absolute Gasteiger partial charge is 0.340 e. The monoisotopic (exact) mass is 520 g/mol. The Bertz CT molecular complexity index is 985. The molecule has 1 heterocycles. The lowest BCUT2D eigenvalue weighted by atomic mass is 9.49. The third kappa shape index (κ3) is 5.81. The minimum Gasteiger partial charge on any atom is -0.340 e. The molecule has 0 radical (unpaired) electrons. The van der Waals surface area contributed by atoms with Crippen LogP contribution >= 0.6 is 23.2 Å². The zero-order valence-electron chi connectivity index (χ0n) is 21.3. The Morgan fingerprint density at radius 3 is 2.46 bits per heavy atom. The maximum atomic E-state index is 13.4. The van der Waals surface area contributed by atoms with Crippen molar-refractivity contribution in [2.75, 3.05) is 51.1 Å². The van der Waals surface area contributed by atoms with E-state index < -0.39 is 0 Å². The van der Waals surface area contributed by atoms with Crippen molar-refractivity contribution in [2.24, 2.45) is 23.2 Å². The van der Waals surface area contributed by atoms with Crippen LogP contribution in [0.3, 0.4) is 0 Å². The van der Waals surface area contributed by atoms with Crippen LogP contribution in [0.2, 0.25) is 10.0 Å². The Hall–Kier alpha value is -1.76. The molecule has 0 aromatic heterocycles. The molecule has 1 aromatic carbocycles. The summed E-state index contributed by atoms with van der Waals surface area (Å²) in [4.78, 5) is 31.9. The smallest absolute Gasteiger partial charge is 0.322 e. The van der Waals surface area contributed by atoms with Crippen molar-refractivity contribution in [3.8, 4) is 0 Å². The van der Waals surface area contributed by atoms with Gasteiger partial charge < -0.3 is 15.1 Å². The number of benzene rings is 1. The lowest BCUT2D eigenvalue weighted by Gasteiger charge is -2.57. The molecule has 1 saturated carbocycles. The molecule has 1 aliphatic heterocycles. The van der Waals surface area contributed by atoms with Crippen LogP contribution in [-0.4, -0.2) is 72.5 Å². The van der Waals surface area contributed by atoms with Crippen LogP contribution in [0.5, 0.6) is 0 Å². The number of rotatable bonds is 7. The first-order valence-corrected chi connectivity index (χ1v) is 13.5. The summed E-state index contributed by atoms with van der Waals surface area (Å²) in [5.74, 6) is 1.56. The van der Waals surface area contributed by atoms with Gasteiger partial charge >= 0.3 is 6.03 Å². The lowest BCUT2D eigenvalue weighted by Crippen LogP contribution is -2.53. The van der Waals surface area contributed by atoms with Gasteiger partial charge in [0.15, 0.2) is 0 Å².